The third-order valence-electron chi connectivity index (χ3n) is 4.13. The molecule has 1 aromatic carbocycles. The SMILES string of the molecule is CCOC(=O)c1ncn2c1Cc1c(N)nnn1-c1cc(OC)ccc1-2. The number of nitrogens with zero attached hydrogens (tertiary/aromatic N) is 5. The summed E-state index contributed by atoms with van der Waals surface area (Å²) in [6, 6.07) is 5.55. The summed E-state index contributed by atoms with van der Waals surface area (Å²) in [5.41, 5.74) is 9.15. The Morgan fingerprint density at radius 2 is 2.16 bits per heavy atom. The molecule has 0 aliphatic carbocycles. The zero-order valence-electron chi connectivity index (χ0n) is 13.8. The van der Waals surface area contributed by atoms with Crippen molar-refractivity contribution >= 4 is 11.8 Å². The first kappa shape index (κ1) is 15.2. The lowest BCUT2D eigenvalue weighted by molar-refractivity contribution is 0.0519. The molecule has 3 heterocycles. The van der Waals surface area contributed by atoms with Crippen molar-refractivity contribution in [3.63, 3.8) is 0 Å². The second-order valence-electron chi connectivity index (χ2n) is 5.49. The third-order valence-corrected chi connectivity index (χ3v) is 4.13. The van der Waals surface area contributed by atoms with Gasteiger partial charge in [-0.25, -0.2) is 14.5 Å². The number of methoxy groups -OCH3 is 1. The number of fused-ring (bicyclic) bond motifs is 5. The Kier molecular flexibility index (Phi) is 3.41. The molecule has 2 aromatic heterocycles. The molecule has 9 nitrogen and oxygen atoms in total. The Morgan fingerprint density at radius 3 is 2.92 bits per heavy atom. The highest BCUT2D eigenvalue weighted by Gasteiger charge is 2.28. The van der Waals surface area contributed by atoms with Gasteiger partial charge in [-0.15, -0.1) is 5.10 Å². The first-order valence-electron chi connectivity index (χ1n) is 7.76. The molecule has 4 rings (SSSR count). The van der Waals surface area contributed by atoms with Crippen molar-refractivity contribution in [2.24, 2.45) is 0 Å². The van der Waals surface area contributed by atoms with Crippen molar-refractivity contribution in [1.82, 2.24) is 24.5 Å². The molecule has 1 aliphatic rings. The van der Waals surface area contributed by atoms with Gasteiger partial charge in [-0.1, -0.05) is 5.21 Å². The van der Waals surface area contributed by atoms with E-state index >= 15 is 0 Å². The highest BCUT2D eigenvalue weighted by Crippen LogP contribution is 2.32. The van der Waals surface area contributed by atoms with Gasteiger partial charge < -0.3 is 15.2 Å². The quantitative estimate of drug-likeness (QED) is 0.556. The molecular formula is C16H16N6O3. The van der Waals surface area contributed by atoms with Crippen LogP contribution in [0.25, 0.3) is 11.4 Å². The van der Waals surface area contributed by atoms with E-state index in [4.69, 9.17) is 15.2 Å². The van der Waals surface area contributed by atoms with Gasteiger partial charge in [-0.05, 0) is 19.1 Å². The Balaban J connectivity index is 1.98. The summed E-state index contributed by atoms with van der Waals surface area (Å²) in [6.07, 6.45) is 1.95. The minimum atomic E-state index is -0.467. The number of hydrogen-bond donors (Lipinski definition) is 1. The number of nitrogens with two attached hydrogens (primary N) is 1. The van der Waals surface area contributed by atoms with E-state index in [0.717, 1.165) is 11.4 Å². The fourth-order valence-electron chi connectivity index (χ4n) is 2.95. The van der Waals surface area contributed by atoms with Crippen LogP contribution in [-0.4, -0.2) is 44.2 Å². The Bertz CT molecular complexity index is 974. The van der Waals surface area contributed by atoms with Crippen LogP contribution in [0.15, 0.2) is 24.5 Å². The Labute approximate surface area is 143 Å². The minimum Gasteiger partial charge on any atom is -0.497 e. The van der Waals surface area contributed by atoms with Crippen molar-refractivity contribution in [3.8, 4) is 17.1 Å². The molecule has 0 saturated heterocycles. The minimum absolute atomic E-state index is 0.262. The molecule has 128 valence electrons. The van der Waals surface area contributed by atoms with E-state index in [0.29, 0.717) is 29.4 Å². The molecule has 0 atom stereocenters. The number of aromatic nitrogens is 5. The average Bonchev–Trinajstić information content (AvgIpc) is 3.16. The Morgan fingerprint density at radius 1 is 1.32 bits per heavy atom. The summed E-state index contributed by atoms with van der Waals surface area (Å²) in [6.45, 7) is 2.03. The zero-order chi connectivity index (χ0) is 17.6. The lowest BCUT2D eigenvalue weighted by atomic mass is 10.2. The van der Waals surface area contributed by atoms with Crippen molar-refractivity contribution in [2.45, 2.75) is 13.3 Å². The summed E-state index contributed by atoms with van der Waals surface area (Å²) in [5.74, 6) is 0.511. The van der Waals surface area contributed by atoms with Crippen LogP contribution in [0.1, 0.15) is 28.8 Å². The van der Waals surface area contributed by atoms with Crippen molar-refractivity contribution in [1.29, 1.82) is 0 Å². The molecule has 0 bridgehead atoms. The van der Waals surface area contributed by atoms with Crippen LogP contribution in [0, 0.1) is 0 Å². The van der Waals surface area contributed by atoms with Crippen LogP contribution >= 0.6 is 0 Å². The van der Waals surface area contributed by atoms with Crippen LogP contribution in [0.4, 0.5) is 5.82 Å². The summed E-state index contributed by atoms with van der Waals surface area (Å²) in [5, 5.41) is 8.11. The normalized spacial score (nSPS) is 11.9. The molecule has 0 saturated carbocycles. The molecule has 2 N–H and O–H groups in total. The maximum Gasteiger partial charge on any atom is 0.358 e. The second-order valence-corrected chi connectivity index (χ2v) is 5.49. The van der Waals surface area contributed by atoms with E-state index in [-0.39, 0.29) is 12.3 Å². The predicted molar refractivity (Wildman–Crippen MR) is 88.2 cm³/mol. The van der Waals surface area contributed by atoms with E-state index < -0.39 is 5.97 Å². The van der Waals surface area contributed by atoms with E-state index in [9.17, 15) is 4.79 Å². The molecule has 0 unspecified atom stereocenters. The zero-order valence-corrected chi connectivity index (χ0v) is 13.8. The number of carbonyl (C=O) groups excluding carboxylic acids is 1. The highest BCUT2D eigenvalue weighted by atomic mass is 16.5. The van der Waals surface area contributed by atoms with E-state index in [1.807, 2.05) is 22.8 Å². The molecule has 25 heavy (non-hydrogen) atoms. The van der Waals surface area contributed by atoms with Gasteiger partial charge in [0.2, 0.25) is 0 Å². The van der Waals surface area contributed by atoms with E-state index in [2.05, 4.69) is 15.3 Å². The van der Waals surface area contributed by atoms with E-state index in [1.165, 1.54) is 0 Å². The van der Waals surface area contributed by atoms with Crippen LogP contribution < -0.4 is 10.5 Å². The number of rotatable bonds is 3. The molecular weight excluding hydrogens is 324 g/mol. The molecule has 0 amide bonds. The summed E-state index contributed by atoms with van der Waals surface area (Å²) >= 11 is 0. The number of hydrogen-bond acceptors (Lipinski definition) is 7. The average molecular weight is 340 g/mol. The van der Waals surface area contributed by atoms with Gasteiger partial charge in [0.05, 0.1) is 36.5 Å². The monoisotopic (exact) mass is 340 g/mol. The van der Waals surface area contributed by atoms with Crippen molar-refractivity contribution < 1.29 is 14.3 Å². The standard InChI is InChI=1S/C16H16N6O3/c1-3-25-16(23)14-12-7-13-15(17)19-20-22(13)11-6-9(24-2)4-5-10(11)21(12)8-18-14/h4-6,8H,3,7,17H2,1-2H3. The van der Waals surface area contributed by atoms with Gasteiger partial charge in [-0.3, -0.25) is 4.57 Å². The summed E-state index contributed by atoms with van der Waals surface area (Å²) in [4.78, 5) is 16.5. The smallest absolute Gasteiger partial charge is 0.358 e. The number of carbonyl (C=O) groups is 1. The maximum atomic E-state index is 12.3. The van der Waals surface area contributed by atoms with Crippen molar-refractivity contribution in [2.75, 3.05) is 19.5 Å². The molecule has 3 aromatic rings. The number of imidazole rings is 1. The number of anilines is 1. The number of nitrogen functional groups attached to an aromatic ring is 1. The van der Waals surface area contributed by atoms with Crippen LogP contribution in [-0.2, 0) is 11.2 Å². The number of benzene rings is 1. The van der Waals surface area contributed by atoms with Crippen molar-refractivity contribution in [3.05, 3.63) is 41.6 Å². The van der Waals surface area contributed by atoms with E-state index in [1.54, 1.807) is 25.0 Å². The fourth-order valence-corrected chi connectivity index (χ4v) is 2.95. The van der Waals surface area contributed by atoms with Gasteiger partial charge in [-0.2, -0.15) is 0 Å². The van der Waals surface area contributed by atoms with Gasteiger partial charge in [0.15, 0.2) is 11.5 Å². The lowest BCUT2D eigenvalue weighted by Crippen LogP contribution is -2.10. The Hall–Kier alpha value is -3.36. The number of esters is 1. The lowest BCUT2D eigenvalue weighted by Gasteiger charge is -2.11. The first-order valence-corrected chi connectivity index (χ1v) is 7.76. The molecule has 0 fully saturated rings. The summed E-state index contributed by atoms with van der Waals surface area (Å²) < 4.78 is 13.9. The largest absolute Gasteiger partial charge is 0.497 e. The molecule has 0 spiro atoms. The van der Waals surface area contributed by atoms with Gasteiger partial charge in [0.1, 0.15) is 12.1 Å². The van der Waals surface area contributed by atoms with Crippen LogP contribution in [0.2, 0.25) is 0 Å². The maximum absolute atomic E-state index is 12.3. The first-order chi connectivity index (χ1) is 12.1. The van der Waals surface area contributed by atoms with Gasteiger partial charge in [0, 0.05) is 12.5 Å². The van der Waals surface area contributed by atoms with Crippen LogP contribution in [0.5, 0.6) is 5.75 Å². The second kappa shape index (κ2) is 5.62. The summed E-state index contributed by atoms with van der Waals surface area (Å²) in [7, 11) is 1.59. The van der Waals surface area contributed by atoms with Gasteiger partial charge >= 0.3 is 5.97 Å². The molecule has 0 radical (unpaired) electrons. The highest BCUT2D eigenvalue weighted by molar-refractivity contribution is 5.89. The number of ether oxygens (including phenoxy) is 2. The van der Waals surface area contributed by atoms with Crippen LogP contribution in [0.3, 0.4) is 0 Å². The predicted octanol–water partition coefficient (Wildman–Crippen LogP) is 1.12. The fraction of sp³-hybridized carbons (Fsp3) is 0.250. The van der Waals surface area contributed by atoms with Gasteiger partial charge in [0.25, 0.3) is 0 Å². The third kappa shape index (κ3) is 2.24. The molecule has 1 aliphatic heterocycles. The topological polar surface area (TPSA) is 110 Å². The molecule has 9 heteroatoms.